The van der Waals surface area contributed by atoms with Gasteiger partial charge in [-0.1, -0.05) is 5.16 Å². The fourth-order valence-corrected chi connectivity index (χ4v) is 4.08. The molecule has 1 fully saturated rings. The van der Waals surface area contributed by atoms with Crippen molar-refractivity contribution >= 4 is 22.0 Å². The van der Waals surface area contributed by atoms with Crippen LogP contribution < -0.4 is 14.8 Å². The number of oxime groups is 1. The molecule has 0 unspecified atom stereocenters. The Bertz CT molecular complexity index is 732. The van der Waals surface area contributed by atoms with Crippen molar-refractivity contribution in [1.29, 1.82) is 0 Å². The highest BCUT2D eigenvalue weighted by molar-refractivity contribution is 7.91. The van der Waals surface area contributed by atoms with E-state index in [9.17, 15) is 13.2 Å². The van der Waals surface area contributed by atoms with E-state index in [0.717, 1.165) is 5.56 Å². The number of carbonyl (C=O) groups excluding carboxylic acids is 1. The van der Waals surface area contributed by atoms with Crippen LogP contribution in [0.1, 0.15) is 18.9 Å². The molecule has 25 heavy (non-hydrogen) atoms. The monoisotopic (exact) mass is 370 g/mol. The normalized spacial score (nSPS) is 18.9. The Hall–Kier alpha value is -2.29. The van der Waals surface area contributed by atoms with E-state index in [2.05, 4.69) is 10.5 Å². The van der Waals surface area contributed by atoms with E-state index in [1.807, 2.05) is 6.92 Å². The number of carbonyl (C=O) groups is 1. The van der Waals surface area contributed by atoms with Gasteiger partial charge in [0, 0.05) is 11.6 Å². The van der Waals surface area contributed by atoms with Crippen LogP contribution >= 0.6 is 0 Å². The molecular formula is C16H22N2O6S. The molecule has 138 valence electrons. The van der Waals surface area contributed by atoms with Crippen LogP contribution in [0.5, 0.6) is 11.5 Å². The first-order valence-electron chi connectivity index (χ1n) is 7.89. The van der Waals surface area contributed by atoms with E-state index in [1.54, 1.807) is 25.3 Å². The van der Waals surface area contributed by atoms with Crippen LogP contribution in [0, 0.1) is 0 Å². The Morgan fingerprint density at radius 1 is 1.40 bits per heavy atom. The molecule has 1 aliphatic heterocycles. The Morgan fingerprint density at radius 2 is 2.20 bits per heavy atom. The van der Waals surface area contributed by atoms with E-state index in [4.69, 9.17) is 14.3 Å². The minimum Gasteiger partial charge on any atom is -0.493 e. The molecule has 1 aliphatic rings. The lowest BCUT2D eigenvalue weighted by molar-refractivity contribution is -0.126. The average Bonchev–Trinajstić information content (AvgIpc) is 2.91. The summed E-state index contributed by atoms with van der Waals surface area (Å²) in [4.78, 5) is 16.6. The molecular weight excluding hydrogens is 348 g/mol. The molecule has 1 amide bonds. The van der Waals surface area contributed by atoms with E-state index in [-0.39, 0.29) is 24.2 Å². The highest BCUT2D eigenvalue weighted by atomic mass is 32.2. The Kier molecular flexibility index (Phi) is 6.63. The van der Waals surface area contributed by atoms with Gasteiger partial charge in [-0.25, -0.2) is 8.42 Å². The minimum absolute atomic E-state index is 0.0199. The molecule has 0 aliphatic carbocycles. The first-order chi connectivity index (χ1) is 11.9. The molecule has 2 rings (SSSR count). The molecule has 0 spiro atoms. The molecule has 1 aromatic carbocycles. The topological polar surface area (TPSA) is 103 Å². The second kappa shape index (κ2) is 8.70. The van der Waals surface area contributed by atoms with Gasteiger partial charge in [0.05, 0.1) is 31.4 Å². The predicted octanol–water partition coefficient (Wildman–Crippen LogP) is 0.748. The summed E-state index contributed by atoms with van der Waals surface area (Å²) in [5, 5.41) is 6.35. The summed E-state index contributed by atoms with van der Waals surface area (Å²) >= 11 is 0. The lowest BCUT2D eigenvalue weighted by atomic mass is 10.2. The van der Waals surface area contributed by atoms with Gasteiger partial charge in [0.2, 0.25) is 0 Å². The number of methoxy groups -OCH3 is 1. The number of amides is 1. The van der Waals surface area contributed by atoms with E-state index < -0.39 is 15.7 Å². The molecule has 8 nitrogen and oxygen atoms in total. The zero-order valence-electron chi connectivity index (χ0n) is 14.2. The van der Waals surface area contributed by atoms with Gasteiger partial charge in [0.25, 0.3) is 5.91 Å². The van der Waals surface area contributed by atoms with Crippen molar-refractivity contribution in [2.45, 2.75) is 19.4 Å². The molecule has 1 heterocycles. The van der Waals surface area contributed by atoms with Crippen LogP contribution in [0.3, 0.4) is 0 Å². The van der Waals surface area contributed by atoms with Crippen molar-refractivity contribution in [3.63, 3.8) is 0 Å². The van der Waals surface area contributed by atoms with E-state index >= 15 is 0 Å². The molecule has 0 aromatic heterocycles. The van der Waals surface area contributed by atoms with Gasteiger partial charge >= 0.3 is 0 Å². The smallest absolute Gasteiger partial charge is 0.261 e. The van der Waals surface area contributed by atoms with Gasteiger partial charge in [-0.05, 0) is 31.5 Å². The largest absolute Gasteiger partial charge is 0.493 e. The summed E-state index contributed by atoms with van der Waals surface area (Å²) in [5.41, 5.74) is 0.725. The SMILES string of the molecule is CCOc1ccc(/C=N\OCC(=O)N[C@@H]2CCS(=O)(=O)C2)cc1OC. The van der Waals surface area contributed by atoms with Gasteiger partial charge < -0.3 is 19.6 Å². The third-order valence-corrected chi connectivity index (χ3v) is 5.32. The van der Waals surface area contributed by atoms with Crippen molar-refractivity contribution in [2.75, 3.05) is 31.8 Å². The van der Waals surface area contributed by atoms with Crippen molar-refractivity contribution < 1.29 is 27.5 Å². The van der Waals surface area contributed by atoms with Crippen LogP contribution in [0.4, 0.5) is 0 Å². The number of nitrogens with one attached hydrogen (secondary N) is 1. The third-order valence-electron chi connectivity index (χ3n) is 3.56. The summed E-state index contributed by atoms with van der Waals surface area (Å²) in [6.07, 6.45) is 1.88. The average molecular weight is 370 g/mol. The number of hydrogen-bond acceptors (Lipinski definition) is 7. The number of sulfone groups is 1. The number of nitrogens with zero attached hydrogens (tertiary/aromatic N) is 1. The van der Waals surface area contributed by atoms with Gasteiger partial charge in [-0.2, -0.15) is 0 Å². The zero-order chi connectivity index (χ0) is 18.3. The number of benzene rings is 1. The molecule has 1 saturated heterocycles. The molecule has 1 aromatic rings. The maximum Gasteiger partial charge on any atom is 0.261 e. The Balaban J connectivity index is 1.80. The Morgan fingerprint density at radius 3 is 2.84 bits per heavy atom. The highest BCUT2D eigenvalue weighted by Gasteiger charge is 2.28. The first-order valence-corrected chi connectivity index (χ1v) is 9.71. The van der Waals surface area contributed by atoms with Crippen LogP contribution in [0.15, 0.2) is 23.4 Å². The minimum atomic E-state index is -3.02. The maximum atomic E-state index is 11.7. The van der Waals surface area contributed by atoms with Crippen LogP contribution in [-0.4, -0.2) is 58.4 Å². The fraction of sp³-hybridized carbons (Fsp3) is 0.500. The summed E-state index contributed by atoms with van der Waals surface area (Å²) < 4.78 is 33.3. The maximum absolute atomic E-state index is 11.7. The molecule has 1 N–H and O–H groups in total. The molecule has 0 radical (unpaired) electrons. The Labute approximate surface area is 147 Å². The van der Waals surface area contributed by atoms with Gasteiger partial charge in [0.1, 0.15) is 0 Å². The first kappa shape index (κ1) is 19.0. The molecule has 0 bridgehead atoms. The van der Waals surface area contributed by atoms with Crippen LogP contribution in [-0.2, 0) is 19.5 Å². The fourth-order valence-electron chi connectivity index (χ4n) is 2.41. The summed E-state index contributed by atoms with van der Waals surface area (Å²) in [7, 11) is -1.48. The third kappa shape index (κ3) is 5.93. The van der Waals surface area contributed by atoms with Gasteiger partial charge in [0.15, 0.2) is 27.9 Å². The second-order valence-corrected chi connectivity index (χ2v) is 7.75. The van der Waals surface area contributed by atoms with Gasteiger partial charge in [-0.15, -0.1) is 0 Å². The summed E-state index contributed by atoms with van der Waals surface area (Å²) in [6.45, 7) is 2.14. The predicted molar refractivity (Wildman–Crippen MR) is 92.9 cm³/mol. The van der Waals surface area contributed by atoms with Crippen LogP contribution in [0.25, 0.3) is 0 Å². The van der Waals surface area contributed by atoms with Crippen molar-refractivity contribution in [3.05, 3.63) is 23.8 Å². The van der Waals surface area contributed by atoms with E-state index in [0.29, 0.717) is 24.5 Å². The molecule has 1 atom stereocenters. The van der Waals surface area contributed by atoms with Crippen molar-refractivity contribution in [2.24, 2.45) is 5.16 Å². The standard InChI is InChI=1S/C16H22N2O6S/c1-3-23-14-5-4-12(8-15(14)22-2)9-17-24-10-16(19)18-13-6-7-25(20,21)11-13/h4-5,8-9,13H,3,6-7,10-11H2,1-2H3,(H,18,19)/b17-9-/t13-/m1/s1. The quantitative estimate of drug-likeness (QED) is 0.535. The van der Waals surface area contributed by atoms with E-state index in [1.165, 1.54) is 6.21 Å². The summed E-state index contributed by atoms with van der Waals surface area (Å²) in [6, 6.07) is 4.93. The lowest BCUT2D eigenvalue weighted by Gasteiger charge is -2.10. The number of hydrogen-bond donors (Lipinski definition) is 1. The lowest BCUT2D eigenvalue weighted by Crippen LogP contribution is -2.37. The molecule has 9 heteroatoms. The second-order valence-electron chi connectivity index (χ2n) is 5.52. The number of rotatable bonds is 8. The van der Waals surface area contributed by atoms with Crippen LogP contribution in [0.2, 0.25) is 0 Å². The zero-order valence-corrected chi connectivity index (χ0v) is 15.0. The highest BCUT2D eigenvalue weighted by Crippen LogP contribution is 2.27. The van der Waals surface area contributed by atoms with Gasteiger partial charge in [-0.3, -0.25) is 4.79 Å². The summed E-state index contributed by atoms with van der Waals surface area (Å²) in [5.74, 6) is 0.897. The van der Waals surface area contributed by atoms with Crippen molar-refractivity contribution in [1.82, 2.24) is 5.32 Å². The van der Waals surface area contributed by atoms with Crippen molar-refractivity contribution in [3.8, 4) is 11.5 Å². The number of ether oxygens (including phenoxy) is 2. The molecule has 0 saturated carbocycles.